The van der Waals surface area contributed by atoms with E-state index in [1.807, 2.05) is 12.1 Å². The first kappa shape index (κ1) is 12.1. The molecule has 18 heavy (non-hydrogen) atoms. The van der Waals surface area contributed by atoms with Crippen molar-refractivity contribution >= 4 is 27.5 Å². The number of rotatable bonds is 3. The van der Waals surface area contributed by atoms with Gasteiger partial charge in [0.15, 0.2) is 5.82 Å². The number of hydrogen-bond donors (Lipinski definition) is 1. The molecule has 1 aromatic carbocycles. The van der Waals surface area contributed by atoms with Crippen molar-refractivity contribution in [1.82, 2.24) is 10.1 Å². The van der Waals surface area contributed by atoms with Gasteiger partial charge in [-0.1, -0.05) is 32.7 Å². The van der Waals surface area contributed by atoms with E-state index in [2.05, 4.69) is 26.1 Å². The number of hydrogen-bond acceptors (Lipinski definition) is 4. The highest BCUT2D eigenvalue weighted by Crippen LogP contribution is 2.39. The summed E-state index contributed by atoms with van der Waals surface area (Å²) in [5.74, 6) is 1.46. The molecule has 6 heteroatoms. The molecule has 2 aromatic rings. The van der Waals surface area contributed by atoms with Gasteiger partial charge in [-0.2, -0.15) is 4.98 Å². The van der Waals surface area contributed by atoms with Crippen LogP contribution in [0, 0.1) is 5.92 Å². The minimum absolute atomic E-state index is 0.131. The van der Waals surface area contributed by atoms with Crippen molar-refractivity contribution < 1.29 is 4.52 Å². The molecule has 1 saturated carbocycles. The monoisotopic (exact) mass is 327 g/mol. The van der Waals surface area contributed by atoms with Crippen LogP contribution in [0.4, 0.5) is 0 Å². The van der Waals surface area contributed by atoms with Crippen molar-refractivity contribution in [2.45, 2.75) is 18.9 Å². The normalized spacial score (nSPS) is 16.8. The lowest BCUT2D eigenvalue weighted by Gasteiger charge is -2.02. The third kappa shape index (κ3) is 2.30. The summed E-state index contributed by atoms with van der Waals surface area (Å²) < 4.78 is 6.15. The topological polar surface area (TPSA) is 64.9 Å². The third-order valence-corrected chi connectivity index (χ3v) is 3.85. The van der Waals surface area contributed by atoms with E-state index in [4.69, 9.17) is 21.9 Å². The zero-order chi connectivity index (χ0) is 12.7. The van der Waals surface area contributed by atoms with E-state index in [1.54, 1.807) is 6.07 Å². The molecule has 0 saturated heterocycles. The second-order valence-corrected chi connectivity index (χ2v) is 5.77. The molecule has 1 aromatic heterocycles. The Bertz CT molecular complexity index is 582. The molecule has 1 aliphatic carbocycles. The SMILES string of the molecule is NC(c1noc(-c2cc(Br)ccc2Cl)n1)C1CC1. The van der Waals surface area contributed by atoms with Crippen LogP contribution in [0.5, 0.6) is 0 Å². The maximum absolute atomic E-state index is 6.11. The van der Waals surface area contributed by atoms with Crippen LogP contribution >= 0.6 is 27.5 Å². The molecule has 0 bridgehead atoms. The smallest absolute Gasteiger partial charge is 0.259 e. The van der Waals surface area contributed by atoms with E-state index >= 15 is 0 Å². The van der Waals surface area contributed by atoms with Gasteiger partial charge in [-0.3, -0.25) is 0 Å². The van der Waals surface area contributed by atoms with Gasteiger partial charge in [0.05, 0.1) is 16.6 Å². The highest BCUT2D eigenvalue weighted by atomic mass is 79.9. The molecule has 1 unspecified atom stereocenters. The van der Waals surface area contributed by atoms with Crippen LogP contribution < -0.4 is 5.73 Å². The predicted molar refractivity (Wildman–Crippen MR) is 72.1 cm³/mol. The maximum Gasteiger partial charge on any atom is 0.259 e. The first-order chi connectivity index (χ1) is 8.65. The van der Waals surface area contributed by atoms with Crippen LogP contribution in [0.3, 0.4) is 0 Å². The van der Waals surface area contributed by atoms with Gasteiger partial charge in [-0.05, 0) is 37.0 Å². The highest BCUT2D eigenvalue weighted by Gasteiger charge is 2.32. The summed E-state index contributed by atoms with van der Waals surface area (Å²) in [5, 5.41) is 4.52. The Morgan fingerprint density at radius 2 is 2.22 bits per heavy atom. The average molecular weight is 329 g/mol. The lowest BCUT2D eigenvalue weighted by Crippen LogP contribution is -2.13. The van der Waals surface area contributed by atoms with E-state index in [0.29, 0.717) is 28.2 Å². The number of halogens is 2. The Kier molecular flexibility index (Phi) is 3.13. The van der Waals surface area contributed by atoms with Crippen molar-refractivity contribution in [2.75, 3.05) is 0 Å². The summed E-state index contributed by atoms with van der Waals surface area (Å²) >= 11 is 9.50. The van der Waals surface area contributed by atoms with Crippen molar-refractivity contribution in [3.63, 3.8) is 0 Å². The summed E-state index contributed by atoms with van der Waals surface area (Å²) in [4.78, 5) is 4.34. The molecule has 2 N–H and O–H groups in total. The molecule has 1 heterocycles. The Hall–Kier alpha value is -0.910. The lowest BCUT2D eigenvalue weighted by atomic mass is 10.2. The lowest BCUT2D eigenvalue weighted by molar-refractivity contribution is 0.411. The van der Waals surface area contributed by atoms with Crippen LogP contribution in [0.15, 0.2) is 27.2 Å². The van der Waals surface area contributed by atoms with E-state index in [9.17, 15) is 0 Å². The fraction of sp³-hybridized carbons (Fsp3) is 0.333. The fourth-order valence-electron chi connectivity index (χ4n) is 1.81. The Morgan fingerprint density at radius 1 is 1.44 bits per heavy atom. The molecule has 0 amide bonds. The van der Waals surface area contributed by atoms with Gasteiger partial charge in [0.2, 0.25) is 0 Å². The molecular formula is C12H11BrClN3O. The largest absolute Gasteiger partial charge is 0.334 e. The van der Waals surface area contributed by atoms with Crippen LogP contribution in [-0.4, -0.2) is 10.1 Å². The van der Waals surface area contributed by atoms with Crippen LogP contribution in [-0.2, 0) is 0 Å². The molecule has 0 radical (unpaired) electrons. The second-order valence-electron chi connectivity index (χ2n) is 4.45. The van der Waals surface area contributed by atoms with Gasteiger partial charge >= 0.3 is 0 Å². The van der Waals surface area contributed by atoms with E-state index in [1.165, 1.54) is 0 Å². The summed E-state index contributed by atoms with van der Waals surface area (Å²) in [6, 6.07) is 5.36. The van der Waals surface area contributed by atoms with Crippen molar-refractivity contribution in [3.8, 4) is 11.5 Å². The summed E-state index contributed by atoms with van der Waals surface area (Å²) in [6.07, 6.45) is 2.28. The van der Waals surface area contributed by atoms with Crippen LogP contribution in [0.2, 0.25) is 5.02 Å². The number of benzene rings is 1. The Balaban J connectivity index is 1.94. The molecule has 0 spiro atoms. The number of aromatic nitrogens is 2. The Morgan fingerprint density at radius 3 is 2.94 bits per heavy atom. The van der Waals surface area contributed by atoms with Gasteiger partial charge in [0, 0.05) is 4.47 Å². The molecule has 4 nitrogen and oxygen atoms in total. The molecule has 1 fully saturated rings. The fourth-order valence-corrected chi connectivity index (χ4v) is 2.37. The van der Waals surface area contributed by atoms with Gasteiger partial charge in [0.25, 0.3) is 5.89 Å². The van der Waals surface area contributed by atoms with Gasteiger partial charge in [-0.25, -0.2) is 0 Å². The molecule has 0 aliphatic heterocycles. The second kappa shape index (κ2) is 4.64. The van der Waals surface area contributed by atoms with Gasteiger partial charge in [0.1, 0.15) is 0 Å². The molecular weight excluding hydrogens is 318 g/mol. The van der Waals surface area contributed by atoms with E-state index in [0.717, 1.165) is 17.3 Å². The standard InChI is InChI=1S/C12H11BrClN3O/c13-7-3-4-9(14)8(5-7)12-16-11(17-18-12)10(15)6-1-2-6/h3-6,10H,1-2,15H2. The summed E-state index contributed by atoms with van der Waals surface area (Å²) in [5.41, 5.74) is 6.75. The highest BCUT2D eigenvalue weighted by molar-refractivity contribution is 9.10. The van der Waals surface area contributed by atoms with E-state index in [-0.39, 0.29) is 6.04 Å². The summed E-state index contributed by atoms with van der Waals surface area (Å²) in [6.45, 7) is 0. The zero-order valence-electron chi connectivity index (χ0n) is 9.44. The minimum atomic E-state index is -0.131. The predicted octanol–water partition coefficient (Wildman–Crippen LogP) is 3.56. The number of nitrogens with two attached hydrogens (primary N) is 1. The molecule has 1 aliphatic rings. The van der Waals surface area contributed by atoms with Crippen LogP contribution in [0.25, 0.3) is 11.5 Å². The summed E-state index contributed by atoms with van der Waals surface area (Å²) in [7, 11) is 0. The van der Waals surface area contributed by atoms with Crippen molar-refractivity contribution in [2.24, 2.45) is 11.7 Å². The average Bonchev–Trinajstić information content (AvgIpc) is 3.09. The maximum atomic E-state index is 6.11. The molecule has 3 rings (SSSR count). The minimum Gasteiger partial charge on any atom is -0.334 e. The molecule has 94 valence electrons. The number of nitrogens with zero attached hydrogens (tertiary/aromatic N) is 2. The first-order valence-electron chi connectivity index (χ1n) is 5.70. The van der Waals surface area contributed by atoms with Crippen LogP contribution in [0.1, 0.15) is 24.7 Å². The van der Waals surface area contributed by atoms with E-state index < -0.39 is 0 Å². The van der Waals surface area contributed by atoms with Gasteiger partial charge < -0.3 is 10.3 Å². The zero-order valence-corrected chi connectivity index (χ0v) is 11.8. The van der Waals surface area contributed by atoms with Crippen molar-refractivity contribution in [1.29, 1.82) is 0 Å². The third-order valence-electron chi connectivity index (χ3n) is 3.03. The first-order valence-corrected chi connectivity index (χ1v) is 6.87. The van der Waals surface area contributed by atoms with Crippen molar-refractivity contribution in [3.05, 3.63) is 33.5 Å². The van der Waals surface area contributed by atoms with Gasteiger partial charge in [-0.15, -0.1) is 0 Å². The molecule has 1 atom stereocenters. The Labute approximate surface area is 118 Å². The quantitative estimate of drug-likeness (QED) is 0.935.